The predicted molar refractivity (Wildman–Crippen MR) is 228 cm³/mol. The van der Waals surface area contributed by atoms with E-state index in [2.05, 4.69) is 106 Å². The average Bonchev–Trinajstić information content (AvgIpc) is 3.13. The van der Waals surface area contributed by atoms with Crippen molar-refractivity contribution in [1.82, 2.24) is 21.3 Å². The van der Waals surface area contributed by atoms with Crippen LogP contribution >= 0.6 is 0 Å². The van der Waals surface area contributed by atoms with Crippen LogP contribution in [0.2, 0.25) is 0 Å². The summed E-state index contributed by atoms with van der Waals surface area (Å²) in [6, 6.07) is 14.3. The van der Waals surface area contributed by atoms with Crippen LogP contribution in [0.4, 0.5) is 4.39 Å². The highest BCUT2D eigenvalue weighted by Gasteiger charge is 2.21. The lowest BCUT2D eigenvalue weighted by molar-refractivity contribution is -0.128. The maximum Gasteiger partial charge on any atom is 0.244 e. The van der Waals surface area contributed by atoms with Gasteiger partial charge in [0.05, 0.1) is 18.9 Å². The number of carbonyl (C=O) groups is 2. The van der Waals surface area contributed by atoms with Crippen LogP contribution in [0.25, 0.3) is 0 Å². The van der Waals surface area contributed by atoms with Crippen LogP contribution in [0.5, 0.6) is 0 Å². The summed E-state index contributed by atoms with van der Waals surface area (Å²) >= 11 is 0. The number of carbonyl (C=O) groups excluding carboxylic acids is 2. The monoisotopic (exact) mass is 736 g/mol. The van der Waals surface area contributed by atoms with Crippen LogP contribution < -0.4 is 21.3 Å². The number of amides is 2. The number of benzene rings is 2. The molecule has 53 heavy (non-hydrogen) atoms. The fourth-order valence-corrected chi connectivity index (χ4v) is 4.63. The van der Waals surface area contributed by atoms with E-state index in [1.165, 1.54) is 48.9 Å². The standard InChI is InChI=1S/C32H51N5O2.C7H7F.2C3H8/c1-8-12-19-33-26(7)34-22-30(37-31(38)23-35-29(10-3)11-4)32(39)36-21-25(6)20-28-16-14-13-15-27(28)18-17-24(5)9-2;1-6-3-2-4-7(8)5-6;2*1-3-2/h8,10,12-16,19,24-25,30,35H,1,9,11,17-18,20-23H2,2-7H3,(H,33,34)(H,36,39)(H,37,38);2-5H,1H3;2*3H2,1-2H3/b19-12-,29-10?;;;/t24-,25?,30?;;;/m1.../s1. The van der Waals surface area contributed by atoms with E-state index in [0.717, 1.165) is 30.5 Å². The zero-order chi connectivity index (χ0) is 40.4. The molecule has 0 fully saturated rings. The Balaban J connectivity index is 0. The minimum absolute atomic E-state index is 0.101. The summed E-state index contributed by atoms with van der Waals surface area (Å²) in [6.07, 6.45) is 14.7. The second kappa shape index (κ2) is 33.6. The summed E-state index contributed by atoms with van der Waals surface area (Å²) in [5.41, 5.74) is 4.68. The first-order valence-corrected chi connectivity index (χ1v) is 19.7. The van der Waals surface area contributed by atoms with E-state index in [9.17, 15) is 14.0 Å². The molecule has 0 aliphatic carbocycles. The molecular weight excluding hydrogens is 662 g/mol. The molecule has 3 atom stereocenters. The molecule has 0 saturated heterocycles. The maximum absolute atomic E-state index is 13.2. The average molecular weight is 736 g/mol. The Morgan fingerprint density at radius 2 is 1.57 bits per heavy atom. The van der Waals surface area contributed by atoms with E-state index in [-0.39, 0.29) is 36.6 Å². The van der Waals surface area contributed by atoms with Crippen LogP contribution in [0.15, 0.2) is 90.2 Å². The first-order valence-electron chi connectivity index (χ1n) is 19.7. The van der Waals surface area contributed by atoms with Crippen molar-refractivity contribution in [2.45, 2.75) is 127 Å². The first kappa shape index (κ1) is 50.9. The third-order valence-corrected chi connectivity index (χ3v) is 7.79. The number of rotatable bonds is 18. The van der Waals surface area contributed by atoms with Crippen molar-refractivity contribution in [3.63, 3.8) is 0 Å². The van der Waals surface area contributed by atoms with Crippen molar-refractivity contribution < 1.29 is 14.0 Å². The molecule has 0 radical (unpaired) electrons. The van der Waals surface area contributed by atoms with Crippen molar-refractivity contribution in [1.29, 1.82) is 0 Å². The molecule has 8 heteroatoms. The normalized spacial score (nSPS) is 12.7. The molecular formula is C45H74FN5O2. The predicted octanol–water partition coefficient (Wildman–Crippen LogP) is 10.0. The maximum atomic E-state index is 13.2. The van der Waals surface area contributed by atoms with Gasteiger partial charge >= 0.3 is 0 Å². The molecule has 2 rings (SSSR count). The fraction of sp³-hybridized carbons (Fsp3) is 0.533. The molecule has 0 spiro atoms. The lowest BCUT2D eigenvalue weighted by Crippen LogP contribution is -2.51. The molecule has 0 heterocycles. The smallest absolute Gasteiger partial charge is 0.244 e. The minimum atomic E-state index is -0.773. The second-order valence-electron chi connectivity index (χ2n) is 13.4. The van der Waals surface area contributed by atoms with Crippen LogP contribution in [-0.4, -0.2) is 43.3 Å². The number of hydrogen-bond acceptors (Lipinski definition) is 4. The Bertz CT molecular complexity index is 1330. The van der Waals surface area contributed by atoms with Crippen molar-refractivity contribution in [2.75, 3.05) is 19.6 Å². The molecule has 298 valence electrons. The highest BCUT2D eigenvalue weighted by molar-refractivity contribution is 5.89. The van der Waals surface area contributed by atoms with Gasteiger partial charge in [0.2, 0.25) is 11.8 Å². The molecule has 4 N–H and O–H groups in total. The topological polar surface area (TPSA) is 94.6 Å². The van der Waals surface area contributed by atoms with Gasteiger partial charge in [-0.05, 0) is 93.2 Å². The molecule has 2 aromatic carbocycles. The van der Waals surface area contributed by atoms with E-state index in [4.69, 9.17) is 0 Å². The molecule has 0 aliphatic heterocycles. The quantitative estimate of drug-likeness (QED) is 0.0697. The summed E-state index contributed by atoms with van der Waals surface area (Å²) < 4.78 is 12.2. The Kier molecular flexibility index (Phi) is 32.3. The summed E-state index contributed by atoms with van der Waals surface area (Å²) in [6.45, 7) is 27.2. The van der Waals surface area contributed by atoms with E-state index >= 15 is 0 Å². The molecule has 0 aliphatic rings. The Morgan fingerprint density at radius 3 is 2.09 bits per heavy atom. The number of halogens is 1. The van der Waals surface area contributed by atoms with Gasteiger partial charge in [-0.25, -0.2) is 4.39 Å². The van der Waals surface area contributed by atoms with Crippen molar-refractivity contribution in [2.24, 2.45) is 16.8 Å². The van der Waals surface area contributed by atoms with Crippen LogP contribution in [-0.2, 0) is 22.4 Å². The van der Waals surface area contributed by atoms with Crippen LogP contribution in [0, 0.1) is 24.6 Å². The lowest BCUT2D eigenvalue weighted by atomic mass is 9.92. The third kappa shape index (κ3) is 28.0. The van der Waals surface area contributed by atoms with Gasteiger partial charge in [-0.15, -0.1) is 0 Å². The number of hydrogen-bond donors (Lipinski definition) is 4. The second-order valence-corrected chi connectivity index (χ2v) is 13.4. The fourth-order valence-electron chi connectivity index (χ4n) is 4.63. The summed E-state index contributed by atoms with van der Waals surface area (Å²) in [5.74, 6) is 0.948. The van der Waals surface area contributed by atoms with Gasteiger partial charge in [0, 0.05) is 18.4 Å². The molecule has 0 saturated carbocycles. The zero-order valence-corrected chi connectivity index (χ0v) is 35.1. The van der Waals surface area contributed by atoms with Crippen molar-refractivity contribution in [3.05, 3.63) is 108 Å². The number of nitrogens with one attached hydrogen (secondary N) is 4. The molecule has 2 amide bonds. The number of amidine groups is 1. The number of aliphatic imine (C=N–C) groups is 1. The lowest BCUT2D eigenvalue weighted by Gasteiger charge is -2.20. The SMILES string of the molecule is C=C/C=C\NC(C)=NCC(NC(=O)CNC(=CC)CC)C(=O)NCC(C)Cc1ccccc1CC[C@H](C)CC.CCC.CCC.Cc1cccc(F)c1. The van der Waals surface area contributed by atoms with Gasteiger partial charge in [0.1, 0.15) is 11.9 Å². The Labute approximate surface area is 323 Å². The van der Waals surface area contributed by atoms with Gasteiger partial charge in [-0.1, -0.05) is 130 Å². The molecule has 2 unspecified atom stereocenters. The van der Waals surface area contributed by atoms with Crippen LogP contribution in [0.1, 0.15) is 118 Å². The number of aryl methyl sites for hydroxylation is 2. The first-order chi connectivity index (χ1) is 25.3. The zero-order valence-electron chi connectivity index (χ0n) is 35.1. The van der Waals surface area contributed by atoms with Gasteiger partial charge < -0.3 is 21.3 Å². The van der Waals surface area contributed by atoms with Crippen LogP contribution in [0.3, 0.4) is 0 Å². The van der Waals surface area contributed by atoms with Gasteiger partial charge in [-0.2, -0.15) is 0 Å². The van der Waals surface area contributed by atoms with Crippen molar-refractivity contribution >= 4 is 17.6 Å². The third-order valence-electron chi connectivity index (χ3n) is 7.79. The number of allylic oxidation sites excluding steroid dienone is 4. The summed E-state index contributed by atoms with van der Waals surface area (Å²) in [5, 5.41) is 12.0. The van der Waals surface area contributed by atoms with Gasteiger partial charge in [0.25, 0.3) is 0 Å². The van der Waals surface area contributed by atoms with E-state index in [0.29, 0.717) is 18.3 Å². The van der Waals surface area contributed by atoms with E-state index in [1.54, 1.807) is 24.4 Å². The Hall–Kier alpha value is -4.20. The largest absolute Gasteiger partial charge is 0.380 e. The van der Waals surface area contributed by atoms with Gasteiger partial charge in [0.15, 0.2) is 0 Å². The van der Waals surface area contributed by atoms with Gasteiger partial charge in [-0.3, -0.25) is 14.6 Å². The highest BCUT2D eigenvalue weighted by atomic mass is 19.1. The summed E-state index contributed by atoms with van der Waals surface area (Å²) in [4.78, 5) is 30.3. The molecule has 2 aromatic rings. The Morgan fingerprint density at radius 1 is 0.925 bits per heavy atom. The molecule has 7 nitrogen and oxygen atoms in total. The molecule has 0 bridgehead atoms. The molecule has 0 aromatic heterocycles. The highest BCUT2D eigenvalue weighted by Crippen LogP contribution is 2.19. The van der Waals surface area contributed by atoms with Crippen molar-refractivity contribution in [3.8, 4) is 0 Å². The van der Waals surface area contributed by atoms with E-state index in [1.807, 2.05) is 39.8 Å². The summed E-state index contributed by atoms with van der Waals surface area (Å²) in [7, 11) is 0. The van der Waals surface area contributed by atoms with E-state index < -0.39 is 6.04 Å². The minimum Gasteiger partial charge on any atom is -0.380 e. The number of nitrogens with zero attached hydrogens (tertiary/aromatic N) is 1.